The van der Waals surface area contributed by atoms with Crippen molar-refractivity contribution in [1.82, 2.24) is 0 Å². The number of hydrogen-bond acceptors (Lipinski definition) is 3. The van der Waals surface area contributed by atoms with Crippen LogP contribution in [0.25, 0.3) is 11.1 Å². The Morgan fingerprint density at radius 2 is 2.13 bits per heavy atom. The number of benzene rings is 1. The molecule has 0 saturated heterocycles. The number of carbonyl (C=O) groups is 1. The summed E-state index contributed by atoms with van der Waals surface area (Å²) in [6, 6.07) is 7.18. The normalized spacial score (nSPS) is 9.93. The maximum Gasteiger partial charge on any atom is 0.150 e. The summed E-state index contributed by atoms with van der Waals surface area (Å²) >= 11 is 0. The second-order valence-corrected chi connectivity index (χ2v) is 3.12. The number of hydrogen-bond donors (Lipinski definition) is 0. The van der Waals surface area contributed by atoms with Crippen LogP contribution in [-0.2, 0) is 0 Å². The predicted octanol–water partition coefficient (Wildman–Crippen LogP) is 2.77. The molecule has 0 spiro atoms. The second-order valence-electron chi connectivity index (χ2n) is 3.12. The summed E-state index contributed by atoms with van der Waals surface area (Å²) in [6.45, 7) is 0. The van der Waals surface area contributed by atoms with Gasteiger partial charge in [-0.3, -0.25) is 4.79 Å². The minimum Gasteiger partial charge on any atom is -0.497 e. The SMILES string of the molecule is COc1cc(C=O)cc(-c2ccoc2)c1. The molecule has 1 aromatic carbocycles. The van der Waals surface area contributed by atoms with Crippen molar-refractivity contribution < 1.29 is 13.9 Å². The number of aldehydes is 1. The van der Waals surface area contributed by atoms with Gasteiger partial charge in [0, 0.05) is 11.1 Å². The Balaban J connectivity index is 2.52. The van der Waals surface area contributed by atoms with E-state index in [2.05, 4.69) is 0 Å². The molecule has 0 bridgehead atoms. The van der Waals surface area contributed by atoms with Crippen LogP contribution in [0.5, 0.6) is 5.75 Å². The monoisotopic (exact) mass is 202 g/mol. The van der Waals surface area contributed by atoms with Crippen LogP contribution in [-0.4, -0.2) is 13.4 Å². The van der Waals surface area contributed by atoms with Crippen LogP contribution in [0, 0.1) is 0 Å². The zero-order valence-corrected chi connectivity index (χ0v) is 8.27. The number of carbonyl (C=O) groups excluding carboxylic acids is 1. The molecule has 0 fully saturated rings. The average Bonchev–Trinajstić information content (AvgIpc) is 2.81. The van der Waals surface area contributed by atoms with Crippen molar-refractivity contribution in [2.45, 2.75) is 0 Å². The topological polar surface area (TPSA) is 39.4 Å². The lowest BCUT2D eigenvalue weighted by Gasteiger charge is -2.04. The lowest BCUT2D eigenvalue weighted by Crippen LogP contribution is -1.87. The Hall–Kier alpha value is -2.03. The molecule has 0 aliphatic heterocycles. The number of methoxy groups -OCH3 is 1. The van der Waals surface area contributed by atoms with Crippen molar-refractivity contribution in [3.05, 3.63) is 42.4 Å². The third kappa shape index (κ3) is 1.91. The first-order valence-electron chi connectivity index (χ1n) is 4.50. The zero-order chi connectivity index (χ0) is 10.7. The molecule has 2 rings (SSSR count). The van der Waals surface area contributed by atoms with Gasteiger partial charge in [0.2, 0.25) is 0 Å². The van der Waals surface area contributed by atoms with Crippen molar-refractivity contribution >= 4 is 6.29 Å². The smallest absolute Gasteiger partial charge is 0.150 e. The van der Waals surface area contributed by atoms with Crippen LogP contribution >= 0.6 is 0 Å². The fraction of sp³-hybridized carbons (Fsp3) is 0.0833. The molecule has 0 aliphatic rings. The Labute approximate surface area is 87.3 Å². The van der Waals surface area contributed by atoms with Gasteiger partial charge in [-0.25, -0.2) is 0 Å². The van der Waals surface area contributed by atoms with E-state index in [1.54, 1.807) is 31.8 Å². The van der Waals surface area contributed by atoms with Crippen LogP contribution in [0.2, 0.25) is 0 Å². The Morgan fingerprint density at radius 3 is 2.73 bits per heavy atom. The van der Waals surface area contributed by atoms with Gasteiger partial charge in [-0.1, -0.05) is 0 Å². The highest BCUT2D eigenvalue weighted by Gasteiger charge is 2.04. The number of furan rings is 1. The van der Waals surface area contributed by atoms with Crippen molar-refractivity contribution in [3.8, 4) is 16.9 Å². The number of ether oxygens (including phenoxy) is 1. The van der Waals surface area contributed by atoms with Crippen molar-refractivity contribution in [2.75, 3.05) is 7.11 Å². The first kappa shape index (κ1) is 9.52. The molecule has 0 amide bonds. The average molecular weight is 202 g/mol. The molecule has 0 atom stereocenters. The molecule has 76 valence electrons. The second kappa shape index (κ2) is 4.00. The molecule has 2 aromatic rings. The fourth-order valence-electron chi connectivity index (χ4n) is 1.40. The van der Waals surface area contributed by atoms with Crippen molar-refractivity contribution in [1.29, 1.82) is 0 Å². The molecule has 0 saturated carbocycles. The highest BCUT2D eigenvalue weighted by molar-refractivity contribution is 5.80. The first-order chi connectivity index (χ1) is 7.33. The molecular weight excluding hydrogens is 192 g/mol. The molecule has 0 N–H and O–H groups in total. The molecular formula is C12H10O3. The summed E-state index contributed by atoms with van der Waals surface area (Å²) in [5.74, 6) is 0.663. The van der Waals surface area contributed by atoms with Crippen LogP contribution in [0.1, 0.15) is 10.4 Å². The van der Waals surface area contributed by atoms with Crippen LogP contribution in [0.3, 0.4) is 0 Å². The summed E-state index contributed by atoms with van der Waals surface area (Å²) in [6.07, 6.45) is 4.02. The van der Waals surface area contributed by atoms with Gasteiger partial charge in [0.15, 0.2) is 0 Å². The third-order valence-electron chi connectivity index (χ3n) is 2.16. The summed E-state index contributed by atoms with van der Waals surface area (Å²) in [5, 5.41) is 0. The van der Waals surface area contributed by atoms with E-state index in [4.69, 9.17) is 9.15 Å². The molecule has 3 heteroatoms. The largest absolute Gasteiger partial charge is 0.497 e. The Morgan fingerprint density at radius 1 is 1.27 bits per heavy atom. The summed E-state index contributed by atoms with van der Waals surface area (Å²) in [7, 11) is 1.57. The highest BCUT2D eigenvalue weighted by atomic mass is 16.5. The minimum atomic E-state index is 0.588. The minimum absolute atomic E-state index is 0.588. The standard InChI is InChI=1S/C12H10O3/c1-14-12-5-9(7-13)4-11(6-12)10-2-3-15-8-10/h2-8H,1H3. The van der Waals surface area contributed by atoms with E-state index in [0.717, 1.165) is 17.4 Å². The first-order valence-corrected chi connectivity index (χ1v) is 4.50. The van der Waals surface area contributed by atoms with Gasteiger partial charge in [0.05, 0.1) is 19.6 Å². The lowest BCUT2D eigenvalue weighted by atomic mass is 10.1. The summed E-state index contributed by atoms with van der Waals surface area (Å²) in [5.41, 5.74) is 2.42. The van der Waals surface area contributed by atoms with E-state index in [1.165, 1.54) is 0 Å². The van der Waals surface area contributed by atoms with Gasteiger partial charge < -0.3 is 9.15 Å². The van der Waals surface area contributed by atoms with Gasteiger partial charge in [-0.05, 0) is 29.8 Å². The van der Waals surface area contributed by atoms with E-state index < -0.39 is 0 Å². The maximum absolute atomic E-state index is 10.7. The molecule has 1 aromatic heterocycles. The lowest BCUT2D eigenvalue weighted by molar-refractivity contribution is 0.112. The van der Waals surface area contributed by atoms with E-state index in [0.29, 0.717) is 11.3 Å². The maximum atomic E-state index is 10.7. The molecule has 1 heterocycles. The van der Waals surface area contributed by atoms with E-state index in [1.807, 2.05) is 12.1 Å². The Kier molecular flexibility index (Phi) is 2.54. The van der Waals surface area contributed by atoms with Gasteiger partial charge in [-0.15, -0.1) is 0 Å². The zero-order valence-electron chi connectivity index (χ0n) is 8.27. The van der Waals surface area contributed by atoms with Gasteiger partial charge >= 0.3 is 0 Å². The van der Waals surface area contributed by atoms with Crippen molar-refractivity contribution in [2.24, 2.45) is 0 Å². The van der Waals surface area contributed by atoms with Gasteiger partial charge in [-0.2, -0.15) is 0 Å². The van der Waals surface area contributed by atoms with Gasteiger partial charge in [0.25, 0.3) is 0 Å². The van der Waals surface area contributed by atoms with Crippen LogP contribution in [0.15, 0.2) is 41.2 Å². The predicted molar refractivity (Wildman–Crippen MR) is 56.1 cm³/mol. The van der Waals surface area contributed by atoms with E-state index >= 15 is 0 Å². The van der Waals surface area contributed by atoms with Gasteiger partial charge in [0.1, 0.15) is 12.0 Å². The number of rotatable bonds is 3. The highest BCUT2D eigenvalue weighted by Crippen LogP contribution is 2.25. The van der Waals surface area contributed by atoms with E-state index in [-0.39, 0.29) is 0 Å². The van der Waals surface area contributed by atoms with Crippen molar-refractivity contribution in [3.63, 3.8) is 0 Å². The molecule has 15 heavy (non-hydrogen) atoms. The van der Waals surface area contributed by atoms with Crippen LogP contribution in [0.4, 0.5) is 0 Å². The third-order valence-corrected chi connectivity index (χ3v) is 2.16. The quantitative estimate of drug-likeness (QED) is 0.718. The molecule has 0 unspecified atom stereocenters. The summed E-state index contributed by atoms with van der Waals surface area (Å²) in [4.78, 5) is 10.7. The Bertz CT molecular complexity index is 458. The molecule has 3 nitrogen and oxygen atoms in total. The molecule has 0 radical (unpaired) electrons. The van der Waals surface area contributed by atoms with E-state index in [9.17, 15) is 4.79 Å². The van der Waals surface area contributed by atoms with Crippen LogP contribution < -0.4 is 4.74 Å². The molecule has 0 aliphatic carbocycles. The summed E-state index contributed by atoms with van der Waals surface area (Å²) < 4.78 is 10.1. The fourth-order valence-corrected chi connectivity index (χ4v) is 1.40.